The summed E-state index contributed by atoms with van der Waals surface area (Å²) in [7, 11) is 0. The highest BCUT2D eigenvalue weighted by atomic mass is 16.4. The van der Waals surface area contributed by atoms with Gasteiger partial charge in [-0.3, -0.25) is 9.59 Å². The van der Waals surface area contributed by atoms with E-state index in [4.69, 9.17) is 4.42 Å². The Hall–Kier alpha value is -3.15. The Kier molecular flexibility index (Phi) is 3.72. The van der Waals surface area contributed by atoms with Gasteiger partial charge in [0.15, 0.2) is 0 Å². The Morgan fingerprint density at radius 3 is 2.64 bits per heavy atom. The number of hydrogen-bond acceptors (Lipinski definition) is 7. The summed E-state index contributed by atoms with van der Waals surface area (Å²) in [5, 5.41) is 15.3. The summed E-state index contributed by atoms with van der Waals surface area (Å²) in [5.41, 5.74) is 0.174. The monoisotopic (exact) mass is 340 g/mol. The van der Waals surface area contributed by atoms with Crippen LogP contribution in [0.4, 0.5) is 5.88 Å². The van der Waals surface area contributed by atoms with Crippen LogP contribution in [-0.4, -0.2) is 52.2 Å². The van der Waals surface area contributed by atoms with Crippen molar-refractivity contribution < 1.29 is 9.21 Å². The third-order valence-electron chi connectivity index (χ3n) is 4.41. The highest BCUT2D eigenvalue weighted by molar-refractivity contribution is 5.92. The summed E-state index contributed by atoms with van der Waals surface area (Å²) in [6.07, 6.45) is 2.11. The number of oxazole rings is 1. The normalized spacial score (nSPS) is 17.4. The van der Waals surface area contributed by atoms with E-state index < -0.39 is 0 Å². The van der Waals surface area contributed by atoms with Crippen LogP contribution in [0.2, 0.25) is 0 Å². The third-order valence-corrected chi connectivity index (χ3v) is 4.41. The number of amides is 1. The second-order valence-electron chi connectivity index (χ2n) is 6.18. The van der Waals surface area contributed by atoms with E-state index in [1.54, 1.807) is 4.90 Å². The van der Waals surface area contributed by atoms with E-state index in [9.17, 15) is 14.9 Å². The molecular weight excluding hydrogens is 324 g/mol. The fraction of sp³-hybridized carbons (Fsp3) is 0.438. The molecule has 0 radical (unpaired) electrons. The average Bonchev–Trinajstić information content (AvgIpc) is 3.41. The number of hydrogen-bond donors (Lipinski definition) is 1. The molecule has 2 aliphatic rings. The maximum Gasteiger partial charge on any atom is 0.274 e. The standard InChI is InChI=1S/C16H16N6O3/c17-9-12-16(25-14(18-12)10-1-2-10)22-7-5-21(6-8-22)15(24)11-3-4-13(23)20-19-11/h3-4,10H,1-2,5-8H2,(H,20,23). The predicted octanol–water partition coefficient (Wildman–Crippen LogP) is 0.469. The van der Waals surface area contributed by atoms with E-state index in [1.807, 2.05) is 4.90 Å². The van der Waals surface area contributed by atoms with Gasteiger partial charge in [-0.05, 0) is 18.9 Å². The number of rotatable bonds is 3. The summed E-state index contributed by atoms with van der Waals surface area (Å²) in [6.45, 7) is 2.04. The zero-order valence-electron chi connectivity index (χ0n) is 13.4. The largest absolute Gasteiger partial charge is 0.423 e. The lowest BCUT2D eigenvalue weighted by atomic mass is 10.2. The van der Waals surface area contributed by atoms with Crippen molar-refractivity contribution in [1.29, 1.82) is 5.26 Å². The molecule has 128 valence electrons. The third kappa shape index (κ3) is 2.98. The molecule has 0 atom stereocenters. The lowest BCUT2D eigenvalue weighted by Crippen LogP contribution is -2.49. The molecule has 0 unspecified atom stereocenters. The fourth-order valence-electron chi connectivity index (χ4n) is 2.86. The van der Waals surface area contributed by atoms with Gasteiger partial charge in [0.05, 0.1) is 0 Å². The smallest absolute Gasteiger partial charge is 0.274 e. The van der Waals surface area contributed by atoms with E-state index in [1.165, 1.54) is 12.1 Å². The molecule has 0 spiro atoms. The molecule has 1 aliphatic carbocycles. The van der Waals surface area contributed by atoms with Gasteiger partial charge in [-0.2, -0.15) is 10.4 Å². The van der Waals surface area contributed by atoms with Crippen LogP contribution in [0.5, 0.6) is 0 Å². The molecule has 0 bridgehead atoms. The van der Waals surface area contributed by atoms with Crippen molar-refractivity contribution in [2.75, 3.05) is 31.1 Å². The molecule has 4 rings (SSSR count). The lowest BCUT2D eigenvalue weighted by molar-refractivity contribution is 0.0738. The Balaban J connectivity index is 1.44. The maximum absolute atomic E-state index is 12.4. The van der Waals surface area contributed by atoms with E-state index in [0.29, 0.717) is 49.6 Å². The number of piperazine rings is 1. The minimum atomic E-state index is -0.345. The number of aromatic nitrogens is 3. The van der Waals surface area contributed by atoms with Crippen molar-refractivity contribution in [3.8, 4) is 6.07 Å². The number of nitrogens with one attached hydrogen (secondary N) is 1. The summed E-state index contributed by atoms with van der Waals surface area (Å²) < 4.78 is 5.80. The molecule has 0 aromatic carbocycles. The molecule has 1 aliphatic heterocycles. The SMILES string of the molecule is N#Cc1nc(C2CC2)oc1N1CCN(C(=O)c2ccc(=O)[nH]n2)CC1. The molecule has 3 heterocycles. The first kappa shape index (κ1) is 15.4. The Morgan fingerprint density at radius 2 is 2.04 bits per heavy atom. The van der Waals surface area contributed by atoms with Crippen molar-refractivity contribution >= 4 is 11.8 Å². The second-order valence-corrected chi connectivity index (χ2v) is 6.18. The van der Waals surface area contributed by atoms with Crippen molar-refractivity contribution in [1.82, 2.24) is 20.1 Å². The predicted molar refractivity (Wildman–Crippen MR) is 86.2 cm³/mol. The molecule has 9 heteroatoms. The lowest BCUT2D eigenvalue weighted by Gasteiger charge is -2.34. The van der Waals surface area contributed by atoms with Crippen molar-refractivity contribution in [2.45, 2.75) is 18.8 Å². The zero-order chi connectivity index (χ0) is 17.4. The molecular formula is C16H16N6O3. The van der Waals surface area contributed by atoms with Crippen LogP contribution in [-0.2, 0) is 0 Å². The first-order valence-electron chi connectivity index (χ1n) is 8.16. The second kappa shape index (κ2) is 6.05. The van der Waals surface area contributed by atoms with Gasteiger partial charge in [-0.25, -0.2) is 10.1 Å². The highest BCUT2D eigenvalue weighted by Crippen LogP contribution is 2.41. The van der Waals surface area contributed by atoms with Gasteiger partial charge >= 0.3 is 0 Å². The quantitative estimate of drug-likeness (QED) is 0.862. The number of nitrogens with zero attached hydrogens (tertiary/aromatic N) is 5. The van der Waals surface area contributed by atoms with Gasteiger partial charge < -0.3 is 14.2 Å². The van der Waals surface area contributed by atoms with E-state index >= 15 is 0 Å². The average molecular weight is 340 g/mol. The molecule has 2 fully saturated rings. The van der Waals surface area contributed by atoms with Crippen LogP contribution in [0.25, 0.3) is 0 Å². The van der Waals surface area contributed by atoms with Crippen LogP contribution in [0.3, 0.4) is 0 Å². The number of nitriles is 1. The number of aromatic amines is 1. The summed E-state index contributed by atoms with van der Waals surface area (Å²) >= 11 is 0. The van der Waals surface area contributed by atoms with Gasteiger partial charge in [-0.1, -0.05) is 0 Å². The van der Waals surface area contributed by atoms with Crippen molar-refractivity contribution in [3.05, 3.63) is 39.8 Å². The van der Waals surface area contributed by atoms with Gasteiger partial charge in [0.25, 0.3) is 11.5 Å². The molecule has 1 saturated heterocycles. The minimum Gasteiger partial charge on any atom is -0.423 e. The van der Waals surface area contributed by atoms with Crippen molar-refractivity contribution in [3.63, 3.8) is 0 Å². The Morgan fingerprint density at radius 1 is 1.28 bits per heavy atom. The first-order chi connectivity index (χ1) is 12.2. The zero-order valence-corrected chi connectivity index (χ0v) is 13.4. The fourth-order valence-corrected chi connectivity index (χ4v) is 2.86. The van der Waals surface area contributed by atoms with Crippen LogP contribution in [0.1, 0.15) is 40.8 Å². The molecule has 2 aromatic rings. The highest BCUT2D eigenvalue weighted by Gasteiger charge is 2.33. The Bertz CT molecular complexity index is 879. The molecule has 1 saturated carbocycles. The molecule has 9 nitrogen and oxygen atoms in total. The molecule has 1 N–H and O–H groups in total. The van der Waals surface area contributed by atoms with E-state index in [2.05, 4.69) is 21.3 Å². The van der Waals surface area contributed by atoms with Gasteiger partial charge in [0.1, 0.15) is 11.8 Å². The summed E-state index contributed by atoms with van der Waals surface area (Å²) in [4.78, 5) is 31.4. The van der Waals surface area contributed by atoms with E-state index in [-0.39, 0.29) is 17.2 Å². The first-order valence-corrected chi connectivity index (χ1v) is 8.16. The molecule has 25 heavy (non-hydrogen) atoms. The maximum atomic E-state index is 12.4. The van der Waals surface area contributed by atoms with Gasteiger partial charge in [0.2, 0.25) is 17.5 Å². The topological polar surface area (TPSA) is 119 Å². The molecule has 1 amide bonds. The minimum absolute atomic E-state index is 0.210. The van der Waals surface area contributed by atoms with Crippen LogP contribution in [0.15, 0.2) is 21.3 Å². The van der Waals surface area contributed by atoms with Gasteiger partial charge in [-0.15, -0.1) is 0 Å². The van der Waals surface area contributed by atoms with Crippen LogP contribution in [0, 0.1) is 11.3 Å². The molecule has 2 aromatic heterocycles. The van der Waals surface area contributed by atoms with Gasteiger partial charge in [0, 0.05) is 38.2 Å². The van der Waals surface area contributed by atoms with Crippen LogP contribution < -0.4 is 10.5 Å². The summed E-state index contributed by atoms with van der Waals surface area (Å²) in [5.74, 6) is 1.25. The van der Waals surface area contributed by atoms with E-state index in [0.717, 1.165) is 12.8 Å². The number of carbonyl (C=O) groups excluding carboxylic acids is 1. The Labute approximate surface area is 142 Å². The van der Waals surface area contributed by atoms with Crippen molar-refractivity contribution in [2.24, 2.45) is 0 Å². The van der Waals surface area contributed by atoms with Crippen LogP contribution >= 0.6 is 0 Å². The number of carbonyl (C=O) groups is 1. The number of H-pyrrole nitrogens is 1. The summed E-state index contributed by atoms with van der Waals surface area (Å²) in [6, 6.07) is 4.79. The number of anilines is 1.